The minimum absolute atomic E-state index is 0.0532. The maximum Gasteiger partial charge on any atom is 0.279 e. The Bertz CT molecular complexity index is 283. The number of nitrogens with one attached hydrogen (secondary N) is 2. The normalized spacial score (nSPS) is 7.27. The van der Waals surface area contributed by atoms with Crippen LogP contribution < -0.4 is 5.32 Å². The molecule has 5 heteroatoms. The van der Waals surface area contributed by atoms with E-state index in [0.717, 1.165) is 0 Å². The van der Waals surface area contributed by atoms with Crippen molar-refractivity contribution in [3.8, 4) is 0 Å². The van der Waals surface area contributed by atoms with Crippen molar-refractivity contribution in [3.63, 3.8) is 0 Å². The largest absolute Gasteiger partial charge is 0.326 e. The fraction of sp³-hybridized carbons (Fsp3) is 0.167. The third-order valence-corrected chi connectivity index (χ3v) is 1.03. The molecular weight excluding hydrogens is 162 g/mol. The van der Waals surface area contributed by atoms with Crippen LogP contribution in [0.3, 0.4) is 0 Å². The van der Waals surface area contributed by atoms with Gasteiger partial charge in [-0.2, -0.15) is 0 Å². The van der Waals surface area contributed by atoms with E-state index in [9.17, 15) is 4.79 Å². The van der Waals surface area contributed by atoms with Crippen LogP contribution in [0, 0.1) is 12.0 Å². The van der Waals surface area contributed by atoms with Crippen LogP contribution in [-0.2, 0) is 4.79 Å². The number of carbonyl (C=O) groups is 1. The van der Waals surface area contributed by atoms with E-state index in [1.54, 1.807) is 0 Å². The molecule has 0 spiro atoms. The fourth-order valence-corrected chi connectivity index (χ4v) is 0.595. The Labute approximate surface area is 69.2 Å². The van der Waals surface area contributed by atoms with E-state index in [1.165, 1.54) is 6.92 Å². The minimum Gasteiger partial charge on any atom is -0.326 e. The van der Waals surface area contributed by atoms with Crippen molar-refractivity contribution in [1.82, 2.24) is 5.32 Å². The highest BCUT2D eigenvalue weighted by Crippen LogP contribution is 1.91. The van der Waals surface area contributed by atoms with Crippen LogP contribution in [0.25, 0.3) is 4.85 Å². The number of amides is 1. The molecule has 0 saturated heterocycles. The molecule has 2 N–H and O–H groups in total. The quantitative estimate of drug-likeness (QED) is 0.258. The first-order valence-electron chi connectivity index (χ1n) is 2.61. The van der Waals surface area contributed by atoms with Crippen LogP contribution in [0.4, 0.5) is 0 Å². The molecule has 1 amide bonds. The van der Waals surface area contributed by atoms with Gasteiger partial charge in [0, 0.05) is 6.92 Å². The number of thiocarbonyl (C=S) groups is 1. The lowest BCUT2D eigenvalue weighted by molar-refractivity contribution is -0.117. The van der Waals surface area contributed by atoms with Gasteiger partial charge in [0.05, 0.1) is 6.57 Å². The molecule has 0 aromatic carbocycles. The molecule has 0 aromatic rings. The zero-order valence-corrected chi connectivity index (χ0v) is 6.58. The predicted molar refractivity (Wildman–Crippen MR) is 44.3 cm³/mol. The second-order valence-electron chi connectivity index (χ2n) is 1.60. The standard InChI is InChI=1S/C6H5N3OS/c1-4(10)9-6(11)5(3-7)8-2/h7H,1H3,(H,9,10,11). The van der Waals surface area contributed by atoms with Gasteiger partial charge in [-0.15, -0.1) is 0 Å². The summed E-state index contributed by atoms with van der Waals surface area (Å²) in [5.74, 6) is 1.46. The molecule has 0 fully saturated rings. The average molecular weight is 167 g/mol. The van der Waals surface area contributed by atoms with Gasteiger partial charge in [-0.05, 0) is 5.87 Å². The summed E-state index contributed by atoms with van der Waals surface area (Å²) in [5, 5.41) is 8.80. The zero-order chi connectivity index (χ0) is 8.85. The molecular formula is C6H5N3OS. The smallest absolute Gasteiger partial charge is 0.279 e. The molecule has 0 aromatic heterocycles. The summed E-state index contributed by atoms with van der Waals surface area (Å²) in [6.07, 6.45) is 0. The fourth-order valence-electron chi connectivity index (χ4n) is 0.355. The van der Waals surface area contributed by atoms with Crippen LogP contribution >= 0.6 is 12.2 Å². The van der Waals surface area contributed by atoms with Gasteiger partial charge in [0.1, 0.15) is 4.99 Å². The summed E-state index contributed by atoms with van der Waals surface area (Å²) < 4.78 is 0. The third-order valence-electron chi connectivity index (χ3n) is 0.735. The van der Waals surface area contributed by atoms with E-state index in [1.807, 2.05) is 5.87 Å². The van der Waals surface area contributed by atoms with Gasteiger partial charge in [-0.25, -0.2) is 4.85 Å². The van der Waals surface area contributed by atoms with Crippen molar-refractivity contribution >= 4 is 29.0 Å². The van der Waals surface area contributed by atoms with E-state index in [2.05, 4.69) is 22.4 Å². The zero-order valence-electron chi connectivity index (χ0n) is 5.76. The van der Waals surface area contributed by atoms with Crippen LogP contribution in [0.1, 0.15) is 6.92 Å². The average Bonchev–Trinajstić information content (AvgIpc) is 1.88. The lowest BCUT2D eigenvalue weighted by Crippen LogP contribution is -2.27. The Kier molecular flexibility index (Phi) is 3.75. The maximum absolute atomic E-state index is 10.4. The summed E-state index contributed by atoms with van der Waals surface area (Å²) in [6.45, 7) is 7.78. The van der Waals surface area contributed by atoms with Gasteiger partial charge in [-0.3, -0.25) is 10.2 Å². The van der Waals surface area contributed by atoms with E-state index in [4.69, 9.17) is 12.0 Å². The van der Waals surface area contributed by atoms with Gasteiger partial charge >= 0.3 is 0 Å². The summed E-state index contributed by atoms with van der Waals surface area (Å²) in [6, 6.07) is 0. The van der Waals surface area contributed by atoms with Crippen molar-refractivity contribution in [2.24, 2.45) is 0 Å². The topological polar surface area (TPSA) is 57.3 Å². The van der Waals surface area contributed by atoms with E-state index >= 15 is 0 Å². The van der Waals surface area contributed by atoms with E-state index in [-0.39, 0.29) is 16.6 Å². The highest BCUT2D eigenvalue weighted by Gasteiger charge is 2.04. The van der Waals surface area contributed by atoms with Crippen LogP contribution in [-0.4, -0.2) is 16.8 Å². The van der Waals surface area contributed by atoms with Crippen LogP contribution in [0.5, 0.6) is 0 Å². The molecule has 0 radical (unpaired) electrons. The molecule has 11 heavy (non-hydrogen) atoms. The Balaban J connectivity index is 4.40. The lowest BCUT2D eigenvalue weighted by Gasteiger charge is -1.97. The van der Waals surface area contributed by atoms with E-state index in [0.29, 0.717) is 0 Å². The number of nitrogens with zero attached hydrogens (tertiary/aromatic N) is 1. The number of hydrogen-bond acceptors (Lipinski definition) is 3. The monoisotopic (exact) mass is 167 g/mol. The van der Waals surface area contributed by atoms with Crippen molar-refractivity contribution < 1.29 is 4.79 Å². The molecule has 0 aliphatic carbocycles. The number of rotatable bonds is 1. The molecule has 0 aliphatic rings. The van der Waals surface area contributed by atoms with Crippen LogP contribution in [0.15, 0.2) is 5.70 Å². The molecule has 0 bridgehead atoms. The highest BCUT2D eigenvalue weighted by atomic mass is 32.1. The molecule has 0 rings (SSSR count). The van der Waals surface area contributed by atoms with Gasteiger partial charge in [0.15, 0.2) is 0 Å². The van der Waals surface area contributed by atoms with Gasteiger partial charge in [0.25, 0.3) is 5.70 Å². The molecule has 0 atom stereocenters. The van der Waals surface area contributed by atoms with Gasteiger partial charge in [0.2, 0.25) is 5.91 Å². The number of carbonyl (C=O) groups excluding carboxylic acids is 1. The summed E-state index contributed by atoms with van der Waals surface area (Å²) >= 11 is 4.58. The predicted octanol–water partition coefficient (Wildman–Crippen LogP) is 0.502. The van der Waals surface area contributed by atoms with Gasteiger partial charge < -0.3 is 5.32 Å². The Morgan fingerprint density at radius 2 is 2.36 bits per heavy atom. The van der Waals surface area contributed by atoms with E-state index < -0.39 is 0 Å². The molecule has 4 nitrogen and oxygen atoms in total. The Morgan fingerprint density at radius 3 is 2.64 bits per heavy atom. The van der Waals surface area contributed by atoms with Gasteiger partial charge in [-0.1, -0.05) is 12.2 Å². The summed E-state index contributed by atoms with van der Waals surface area (Å²) in [4.78, 5) is 13.2. The lowest BCUT2D eigenvalue weighted by atomic mass is 10.5. The molecule has 0 saturated carbocycles. The minimum atomic E-state index is -0.355. The number of hydrogen-bond donors (Lipinski definition) is 2. The Hall–Kier alpha value is -1.50. The third kappa shape index (κ3) is 3.26. The second kappa shape index (κ2) is 4.34. The summed E-state index contributed by atoms with van der Waals surface area (Å²) in [7, 11) is 0. The first-order valence-corrected chi connectivity index (χ1v) is 3.01. The van der Waals surface area contributed by atoms with Crippen LogP contribution in [0.2, 0.25) is 0 Å². The molecule has 56 valence electrons. The SMILES string of the molecule is [C-]#[N+]C(=C=N)C(=S)NC(C)=O. The maximum atomic E-state index is 10.4. The molecule has 0 unspecified atom stereocenters. The first kappa shape index (κ1) is 9.50. The van der Waals surface area contributed by atoms with Crippen molar-refractivity contribution in [2.75, 3.05) is 0 Å². The highest BCUT2D eigenvalue weighted by molar-refractivity contribution is 7.80. The van der Waals surface area contributed by atoms with Crippen molar-refractivity contribution in [2.45, 2.75) is 6.92 Å². The summed E-state index contributed by atoms with van der Waals surface area (Å²) in [5.41, 5.74) is -0.157. The molecule has 0 aliphatic heterocycles. The second-order valence-corrected chi connectivity index (χ2v) is 2.00. The van der Waals surface area contributed by atoms with Crippen molar-refractivity contribution in [1.29, 1.82) is 5.41 Å². The molecule has 0 heterocycles. The first-order chi connectivity index (χ1) is 5.11. The van der Waals surface area contributed by atoms with Crippen molar-refractivity contribution in [3.05, 3.63) is 17.1 Å². The Morgan fingerprint density at radius 1 is 1.82 bits per heavy atom.